The molecule has 0 aromatic heterocycles. The average molecular weight is 362 g/mol. The van der Waals surface area contributed by atoms with Crippen LogP contribution in [0.5, 0.6) is 5.75 Å². The Balaban J connectivity index is 2.01. The van der Waals surface area contributed by atoms with Crippen LogP contribution in [0.15, 0.2) is 46.9 Å². The molecule has 0 unspecified atom stereocenters. The second-order valence-corrected chi connectivity index (χ2v) is 5.82. The third-order valence-corrected chi connectivity index (χ3v) is 3.47. The van der Waals surface area contributed by atoms with Crippen molar-refractivity contribution in [3.8, 4) is 5.75 Å². The number of carbonyl (C=O) groups is 2. The van der Waals surface area contributed by atoms with E-state index < -0.39 is 0 Å². The summed E-state index contributed by atoms with van der Waals surface area (Å²) in [5.74, 6) is 0.00788. The van der Waals surface area contributed by atoms with E-state index in [1.54, 1.807) is 18.2 Å². The van der Waals surface area contributed by atoms with E-state index in [0.29, 0.717) is 11.3 Å². The zero-order chi connectivity index (χ0) is 16.1. The number of anilines is 1. The van der Waals surface area contributed by atoms with Crippen LogP contribution in [0.1, 0.15) is 22.8 Å². The highest BCUT2D eigenvalue weighted by Gasteiger charge is 2.11. The number of hydrogen-bond donors (Lipinski definition) is 1. The second kappa shape index (κ2) is 7.22. The summed E-state index contributed by atoms with van der Waals surface area (Å²) < 4.78 is 6.25. The SMILES string of the molecule is CC(=O)c1cc(Br)ccc1OCC(=O)Nc1cccc(C)c1. The summed E-state index contributed by atoms with van der Waals surface area (Å²) in [6.07, 6.45) is 0. The van der Waals surface area contributed by atoms with E-state index in [-0.39, 0.29) is 18.3 Å². The van der Waals surface area contributed by atoms with Gasteiger partial charge in [0.1, 0.15) is 5.75 Å². The van der Waals surface area contributed by atoms with Gasteiger partial charge in [0.2, 0.25) is 0 Å². The predicted molar refractivity (Wildman–Crippen MR) is 89.5 cm³/mol. The lowest BCUT2D eigenvalue weighted by Crippen LogP contribution is -2.20. The Bertz CT molecular complexity index is 713. The molecule has 0 aliphatic heterocycles. The molecule has 0 spiro atoms. The lowest BCUT2D eigenvalue weighted by molar-refractivity contribution is -0.118. The van der Waals surface area contributed by atoms with Gasteiger partial charge in [0.15, 0.2) is 12.4 Å². The van der Waals surface area contributed by atoms with Crippen LogP contribution in [0.2, 0.25) is 0 Å². The summed E-state index contributed by atoms with van der Waals surface area (Å²) in [6.45, 7) is 3.25. The number of aryl methyl sites for hydroxylation is 1. The van der Waals surface area contributed by atoms with E-state index in [1.807, 2.05) is 31.2 Å². The molecule has 1 N–H and O–H groups in total. The van der Waals surface area contributed by atoms with Crippen LogP contribution in [0.4, 0.5) is 5.69 Å². The molecule has 0 bridgehead atoms. The molecule has 2 aromatic rings. The van der Waals surface area contributed by atoms with Crippen LogP contribution in [-0.4, -0.2) is 18.3 Å². The van der Waals surface area contributed by atoms with Crippen molar-refractivity contribution in [2.75, 3.05) is 11.9 Å². The summed E-state index contributed by atoms with van der Waals surface area (Å²) >= 11 is 3.31. The van der Waals surface area contributed by atoms with Crippen molar-refractivity contribution in [1.29, 1.82) is 0 Å². The number of Topliss-reactive ketones (excluding diaryl/α,β-unsaturated/α-hetero) is 1. The van der Waals surface area contributed by atoms with Crippen LogP contribution in [0.25, 0.3) is 0 Å². The van der Waals surface area contributed by atoms with Gasteiger partial charge >= 0.3 is 0 Å². The quantitative estimate of drug-likeness (QED) is 0.819. The molecule has 0 radical (unpaired) electrons. The van der Waals surface area contributed by atoms with Crippen molar-refractivity contribution >= 4 is 33.3 Å². The minimum Gasteiger partial charge on any atom is -0.483 e. The van der Waals surface area contributed by atoms with Gasteiger partial charge in [-0.3, -0.25) is 9.59 Å². The molecule has 0 saturated heterocycles. The topological polar surface area (TPSA) is 55.4 Å². The van der Waals surface area contributed by atoms with Crippen molar-refractivity contribution in [3.05, 3.63) is 58.1 Å². The maximum absolute atomic E-state index is 11.9. The van der Waals surface area contributed by atoms with E-state index in [9.17, 15) is 9.59 Å². The van der Waals surface area contributed by atoms with Crippen LogP contribution in [0.3, 0.4) is 0 Å². The van der Waals surface area contributed by atoms with Crippen LogP contribution < -0.4 is 10.1 Å². The number of ether oxygens (including phenoxy) is 1. The molecule has 4 nitrogen and oxygen atoms in total. The smallest absolute Gasteiger partial charge is 0.262 e. The molecule has 0 saturated carbocycles. The molecule has 2 aromatic carbocycles. The normalized spacial score (nSPS) is 10.1. The number of carbonyl (C=O) groups excluding carboxylic acids is 2. The summed E-state index contributed by atoms with van der Waals surface area (Å²) in [5.41, 5.74) is 2.22. The van der Waals surface area contributed by atoms with Gasteiger partial charge in [-0.2, -0.15) is 0 Å². The Morgan fingerprint density at radius 2 is 1.95 bits per heavy atom. The van der Waals surface area contributed by atoms with E-state index >= 15 is 0 Å². The van der Waals surface area contributed by atoms with Gasteiger partial charge in [-0.05, 0) is 49.7 Å². The Kier molecular flexibility index (Phi) is 5.33. The fraction of sp³-hybridized carbons (Fsp3) is 0.176. The first kappa shape index (κ1) is 16.2. The van der Waals surface area contributed by atoms with Crippen LogP contribution >= 0.6 is 15.9 Å². The molecule has 0 atom stereocenters. The highest BCUT2D eigenvalue weighted by molar-refractivity contribution is 9.10. The van der Waals surface area contributed by atoms with Crippen molar-refractivity contribution in [2.24, 2.45) is 0 Å². The number of halogens is 1. The fourth-order valence-corrected chi connectivity index (χ4v) is 2.33. The first-order chi connectivity index (χ1) is 10.5. The highest BCUT2D eigenvalue weighted by Crippen LogP contribution is 2.23. The van der Waals surface area contributed by atoms with Crippen LogP contribution in [-0.2, 0) is 4.79 Å². The Morgan fingerprint density at radius 1 is 1.18 bits per heavy atom. The van der Waals surface area contributed by atoms with Crippen molar-refractivity contribution in [2.45, 2.75) is 13.8 Å². The molecule has 1 amide bonds. The standard InChI is InChI=1S/C17H16BrNO3/c1-11-4-3-5-14(8-11)19-17(21)10-22-16-7-6-13(18)9-15(16)12(2)20/h3-9H,10H2,1-2H3,(H,19,21). The monoisotopic (exact) mass is 361 g/mol. The summed E-state index contributed by atoms with van der Waals surface area (Å²) in [5, 5.41) is 2.75. The Labute approximate surface area is 137 Å². The third kappa shape index (κ3) is 4.43. The fourth-order valence-electron chi connectivity index (χ4n) is 1.97. The molecule has 5 heteroatoms. The predicted octanol–water partition coefficient (Wildman–Crippen LogP) is 3.98. The van der Waals surface area contributed by atoms with Gasteiger partial charge in [0.05, 0.1) is 5.56 Å². The summed E-state index contributed by atoms with van der Waals surface area (Å²) in [7, 11) is 0. The van der Waals surface area contributed by atoms with Gasteiger partial charge in [-0.15, -0.1) is 0 Å². The average Bonchev–Trinajstić information content (AvgIpc) is 2.45. The Morgan fingerprint density at radius 3 is 2.64 bits per heavy atom. The zero-order valence-electron chi connectivity index (χ0n) is 12.4. The van der Waals surface area contributed by atoms with Gasteiger partial charge in [-0.1, -0.05) is 28.1 Å². The van der Waals surface area contributed by atoms with Gasteiger partial charge in [0.25, 0.3) is 5.91 Å². The first-order valence-corrected chi connectivity index (χ1v) is 7.55. The van der Waals surface area contributed by atoms with Gasteiger partial charge in [-0.25, -0.2) is 0 Å². The second-order valence-electron chi connectivity index (χ2n) is 4.90. The van der Waals surface area contributed by atoms with E-state index in [2.05, 4.69) is 21.2 Å². The summed E-state index contributed by atoms with van der Waals surface area (Å²) in [4.78, 5) is 23.5. The maximum atomic E-state index is 11.9. The molecule has 114 valence electrons. The largest absolute Gasteiger partial charge is 0.483 e. The van der Waals surface area contributed by atoms with Crippen molar-refractivity contribution < 1.29 is 14.3 Å². The molecule has 22 heavy (non-hydrogen) atoms. The van der Waals surface area contributed by atoms with Crippen molar-refractivity contribution in [1.82, 2.24) is 0 Å². The van der Waals surface area contributed by atoms with Gasteiger partial charge < -0.3 is 10.1 Å². The van der Waals surface area contributed by atoms with E-state index in [0.717, 1.165) is 15.7 Å². The minimum absolute atomic E-state index is 0.115. The van der Waals surface area contributed by atoms with Gasteiger partial charge in [0, 0.05) is 10.2 Å². The van der Waals surface area contributed by atoms with Crippen LogP contribution in [0, 0.1) is 6.92 Å². The first-order valence-electron chi connectivity index (χ1n) is 6.75. The number of benzene rings is 2. The highest BCUT2D eigenvalue weighted by atomic mass is 79.9. The van der Waals surface area contributed by atoms with E-state index in [1.165, 1.54) is 6.92 Å². The lowest BCUT2D eigenvalue weighted by Gasteiger charge is -2.11. The lowest BCUT2D eigenvalue weighted by atomic mass is 10.1. The Hall–Kier alpha value is -2.14. The number of ketones is 1. The minimum atomic E-state index is -0.275. The third-order valence-electron chi connectivity index (χ3n) is 2.98. The molecular weight excluding hydrogens is 346 g/mol. The maximum Gasteiger partial charge on any atom is 0.262 e. The molecular formula is C17H16BrNO3. The number of rotatable bonds is 5. The molecule has 0 aliphatic carbocycles. The molecule has 0 heterocycles. The van der Waals surface area contributed by atoms with E-state index in [4.69, 9.17) is 4.74 Å². The number of amides is 1. The molecule has 0 aliphatic rings. The molecule has 2 rings (SSSR count). The zero-order valence-corrected chi connectivity index (χ0v) is 13.9. The van der Waals surface area contributed by atoms with Crippen molar-refractivity contribution in [3.63, 3.8) is 0 Å². The number of nitrogens with one attached hydrogen (secondary N) is 1. The number of hydrogen-bond acceptors (Lipinski definition) is 3. The summed E-state index contributed by atoms with van der Waals surface area (Å²) in [6, 6.07) is 12.6. The molecule has 0 fully saturated rings.